The topological polar surface area (TPSA) is 49.4 Å². The normalized spacial score (nSPS) is 12.5. The molecule has 0 unspecified atom stereocenters. The first-order valence-corrected chi connectivity index (χ1v) is 9.90. The van der Waals surface area contributed by atoms with Gasteiger partial charge in [0.2, 0.25) is 5.91 Å². The van der Waals surface area contributed by atoms with Crippen LogP contribution in [0.3, 0.4) is 0 Å². The van der Waals surface area contributed by atoms with Gasteiger partial charge in [0.15, 0.2) is 5.78 Å². The predicted molar refractivity (Wildman–Crippen MR) is 111 cm³/mol. The molecular weight excluding hydrogens is 336 g/mol. The Morgan fingerprint density at radius 1 is 0.926 bits per heavy atom. The Bertz CT molecular complexity index is 808. The van der Waals surface area contributed by atoms with Gasteiger partial charge in [0, 0.05) is 42.9 Å². The number of rotatable bonds is 8. The summed E-state index contributed by atoms with van der Waals surface area (Å²) in [5.41, 5.74) is 5.29. The van der Waals surface area contributed by atoms with Crippen LogP contribution in [-0.4, -0.2) is 24.8 Å². The number of aryl methyl sites for hydroxylation is 2. The summed E-state index contributed by atoms with van der Waals surface area (Å²) in [5.74, 6) is -0.0863. The van der Waals surface area contributed by atoms with Gasteiger partial charge in [-0.15, -0.1) is 0 Å². The second-order valence-corrected chi connectivity index (χ2v) is 7.03. The van der Waals surface area contributed by atoms with Crippen molar-refractivity contribution < 1.29 is 9.59 Å². The van der Waals surface area contributed by atoms with Gasteiger partial charge in [-0.3, -0.25) is 9.59 Å². The van der Waals surface area contributed by atoms with Crippen LogP contribution in [0.1, 0.15) is 54.6 Å². The van der Waals surface area contributed by atoms with E-state index in [1.807, 2.05) is 36.4 Å². The number of benzene rings is 2. The third-order valence-corrected chi connectivity index (χ3v) is 5.28. The number of ketones is 1. The molecule has 4 heteroatoms. The lowest BCUT2D eigenvalue weighted by Gasteiger charge is -2.21. The number of amides is 1. The van der Waals surface area contributed by atoms with E-state index in [1.54, 1.807) is 0 Å². The van der Waals surface area contributed by atoms with E-state index in [1.165, 1.54) is 17.5 Å². The summed E-state index contributed by atoms with van der Waals surface area (Å²) in [5, 5.41) is 2.88. The number of nitrogens with one attached hydrogen (secondary N) is 1. The average Bonchev–Trinajstić information content (AvgIpc) is 3.16. The van der Waals surface area contributed by atoms with E-state index in [0.29, 0.717) is 0 Å². The second kappa shape index (κ2) is 8.85. The van der Waals surface area contributed by atoms with Gasteiger partial charge < -0.3 is 10.2 Å². The summed E-state index contributed by atoms with van der Waals surface area (Å²) >= 11 is 0. The zero-order chi connectivity index (χ0) is 19.2. The highest BCUT2D eigenvalue weighted by Gasteiger charge is 2.15. The van der Waals surface area contributed by atoms with E-state index in [-0.39, 0.29) is 24.5 Å². The van der Waals surface area contributed by atoms with Crippen molar-refractivity contribution in [1.82, 2.24) is 0 Å². The van der Waals surface area contributed by atoms with Crippen LogP contribution in [0.2, 0.25) is 0 Å². The van der Waals surface area contributed by atoms with E-state index in [4.69, 9.17) is 0 Å². The number of anilines is 2. The lowest BCUT2D eigenvalue weighted by molar-refractivity contribution is -0.116. The Hall–Kier alpha value is -2.62. The van der Waals surface area contributed by atoms with Crippen LogP contribution in [0.5, 0.6) is 0 Å². The van der Waals surface area contributed by atoms with Crippen molar-refractivity contribution in [3.63, 3.8) is 0 Å². The largest absolute Gasteiger partial charge is 0.372 e. The summed E-state index contributed by atoms with van der Waals surface area (Å²) in [4.78, 5) is 26.8. The van der Waals surface area contributed by atoms with Crippen molar-refractivity contribution in [2.75, 3.05) is 23.3 Å². The highest BCUT2D eigenvalue weighted by molar-refractivity contribution is 6.00. The van der Waals surface area contributed by atoms with Crippen LogP contribution < -0.4 is 10.2 Å². The highest BCUT2D eigenvalue weighted by Crippen LogP contribution is 2.23. The number of Topliss-reactive ketones (excluding diaryl/α,β-unsaturated/α-hetero) is 1. The number of hydrogen-bond acceptors (Lipinski definition) is 3. The fourth-order valence-electron chi connectivity index (χ4n) is 3.68. The number of nitrogens with zero attached hydrogens (tertiary/aromatic N) is 1. The van der Waals surface area contributed by atoms with Crippen LogP contribution >= 0.6 is 0 Å². The molecule has 0 atom stereocenters. The van der Waals surface area contributed by atoms with Crippen molar-refractivity contribution in [2.24, 2.45) is 0 Å². The van der Waals surface area contributed by atoms with Crippen molar-refractivity contribution in [3.8, 4) is 0 Å². The fraction of sp³-hybridized carbons (Fsp3) is 0.391. The van der Waals surface area contributed by atoms with E-state index in [9.17, 15) is 9.59 Å². The van der Waals surface area contributed by atoms with E-state index >= 15 is 0 Å². The molecule has 0 heterocycles. The molecule has 0 fully saturated rings. The molecule has 1 amide bonds. The first kappa shape index (κ1) is 19.2. The summed E-state index contributed by atoms with van der Waals surface area (Å²) < 4.78 is 0. The second-order valence-electron chi connectivity index (χ2n) is 7.03. The first-order valence-electron chi connectivity index (χ1n) is 9.90. The lowest BCUT2D eigenvalue weighted by atomic mass is 10.0. The van der Waals surface area contributed by atoms with Crippen LogP contribution in [0.25, 0.3) is 0 Å². The molecule has 0 radical (unpaired) electrons. The Balaban J connectivity index is 1.51. The van der Waals surface area contributed by atoms with Gasteiger partial charge in [-0.1, -0.05) is 12.1 Å². The zero-order valence-corrected chi connectivity index (χ0v) is 16.3. The molecule has 2 aromatic carbocycles. The third-order valence-electron chi connectivity index (χ3n) is 5.28. The quantitative estimate of drug-likeness (QED) is 0.695. The molecule has 1 N–H and O–H groups in total. The van der Waals surface area contributed by atoms with Crippen LogP contribution in [0.15, 0.2) is 42.5 Å². The van der Waals surface area contributed by atoms with E-state index in [0.717, 1.165) is 42.9 Å². The van der Waals surface area contributed by atoms with Crippen LogP contribution in [0, 0.1) is 0 Å². The molecule has 0 saturated carbocycles. The SMILES string of the molecule is CCN(CC)c1ccc(NC(=O)CCC(=O)c2ccc3c(c2)CCC3)cc1. The molecular formula is C23H28N2O2. The number of carbonyl (C=O) groups is 2. The van der Waals surface area contributed by atoms with Crippen molar-refractivity contribution in [3.05, 3.63) is 59.2 Å². The molecule has 0 spiro atoms. The van der Waals surface area contributed by atoms with Gasteiger partial charge in [-0.2, -0.15) is 0 Å². The van der Waals surface area contributed by atoms with Crippen LogP contribution in [-0.2, 0) is 17.6 Å². The average molecular weight is 364 g/mol. The van der Waals surface area contributed by atoms with Gasteiger partial charge >= 0.3 is 0 Å². The number of fused-ring (bicyclic) bond motifs is 1. The molecule has 142 valence electrons. The fourth-order valence-corrected chi connectivity index (χ4v) is 3.68. The zero-order valence-electron chi connectivity index (χ0n) is 16.3. The van der Waals surface area contributed by atoms with Gasteiger partial charge in [0.25, 0.3) is 0 Å². The van der Waals surface area contributed by atoms with Gasteiger partial charge in [0.05, 0.1) is 0 Å². The maximum atomic E-state index is 12.4. The Morgan fingerprint density at radius 3 is 2.33 bits per heavy atom. The predicted octanol–water partition coefficient (Wildman–Crippen LogP) is 4.62. The van der Waals surface area contributed by atoms with Gasteiger partial charge in [0.1, 0.15) is 0 Å². The van der Waals surface area contributed by atoms with Gasteiger partial charge in [-0.25, -0.2) is 0 Å². The summed E-state index contributed by atoms with van der Waals surface area (Å²) in [6.45, 7) is 6.15. The molecule has 4 nitrogen and oxygen atoms in total. The first-order chi connectivity index (χ1) is 13.1. The van der Waals surface area contributed by atoms with Crippen molar-refractivity contribution in [2.45, 2.75) is 46.0 Å². The Kier molecular flexibility index (Phi) is 6.28. The standard InChI is InChI=1S/C23H28N2O2/c1-3-25(4-2)21-12-10-20(11-13-21)24-23(27)15-14-22(26)19-9-8-17-6-5-7-18(17)16-19/h8-13,16H,3-7,14-15H2,1-2H3,(H,24,27). The van der Waals surface area contributed by atoms with E-state index < -0.39 is 0 Å². The Labute approximate surface area is 161 Å². The van der Waals surface area contributed by atoms with Crippen molar-refractivity contribution in [1.29, 1.82) is 0 Å². The monoisotopic (exact) mass is 364 g/mol. The molecule has 3 rings (SSSR count). The summed E-state index contributed by atoms with van der Waals surface area (Å²) in [7, 11) is 0. The smallest absolute Gasteiger partial charge is 0.224 e. The minimum Gasteiger partial charge on any atom is -0.372 e. The minimum absolute atomic E-state index is 0.0386. The lowest BCUT2D eigenvalue weighted by Crippen LogP contribution is -2.21. The maximum Gasteiger partial charge on any atom is 0.224 e. The number of carbonyl (C=O) groups excluding carboxylic acids is 2. The van der Waals surface area contributed by atoms with Crippen molar-refractivity contribution >= 4 is 23.1 Å². The van der Waals surface area contributed by atoms with Gasteiger partial charge in [-0.05, 0) is 74.6 Å². The Morgan fingerprint density at radius 2 is 1.63 bits per heavy atom. The molecule has 27 heavy (non-hydrogen) atoms. The highest BCUT2D eigenvalue weighted by atomic mass is 16.2. The maximum absolute atomic E-state index is 12.4. The summed E-state index contributed by atoms with van der Waals surface area (Å²) in [6.07, 6.45) is 3.78. The molecule has 0 saturated heterocycles. The molecule has 0 aliphatic heterocycles. The minimum atomic E-state index is -0.125. The molecule has 2 aromatic rings. The third kappa shape index (κ3) is 4.76. The van der Waals surface area contributed by atoms with E-state index in [2.05, 4.69) is 30.1 Å². The van der Waals surface area contributed by atoms with Crippen LogP contribution in [0.4, 0.5) is 11.4 Å². The number of hydrogen-bond donors (Lipinski definition) is 1. The molecule has 1 aliphatic rings. The molecule has 0 aromatic heterocycles. The summed E-state index contributed by atoms with van der Waals surface area (Å²) in [6, 6.07) is 13.8. The molecule has 0 bridgehead atoms. The molecule has 1 aliphatic carbocycles.